The first-order chi connectivity index (χ1) is 9.21. The van der Waals surface area contributed by atoms with Crippen molar-refractivity contribution in [2.45, 2.75) is 64.4 Å². The molecule has 0 aliphatic heterocycles. The number of aliphatic hydroxyl groups is 1. The van der Waals surface area contributed by atoms with Crippen LogP contribution in [0.15, 0.2) is 0 Å². The van der Waals surface area contributed by atoms with E-state index in [1.165, 1.54) is 0 Å². The summed E-state index contributed by atoms with van der Waals surface area (Å²) in [6, 6.07) is 0. The van der Waals surface area contributed by atoms with Crippen molar-refractivity contribution in [1.82, 2.24) is 9.97 Å². The van der Waals surface area contributed by atoms with Gasteiger partial charge in [-0.25, -0.2) is 9.97 Å². The average Bonchev–Trinajstić information content (AvgIpc) is 2.77. The molecule has 0 spiro atoms. The molecular formula is C15H24ClN3O. The van der Waals surface area contributed by atoms with Crippen LogP contribution in [0.5, 0.6) is 0 Å². The Balaban J connectivity index is 2.20. The molecule has 0 radical (unpaired) electrons. The molecular weight excluding hydrogens is 274 g/mol. The highest BCUT2D eigenvalue weighted by molar-refractivity contribution is 6.30. The minimum absolute atomic E-state index is 0.155. The van der Waals surface area contributed by atoms with Gasteiger partial charge in [-0.1, -0.05) is 45.2 Å². The van der Waals surface area contributed by atoms with Crippen LogP contribution in [-0.2, 0) is 5.41 Å². The van der Waals surface area contributed by atoms with E-state index in [4.69, 9.17) is 11.6 Å². The van der Waals surface area contributed by atoms with Crippen LogP contribution in [0.1, 0.15) is 57.8 Å². The molecule has 112 valence electrons. The van der Waals surface area contributed by atoms with Gasteiger partial charge in [0.25, 0.3) is 0 Å². The lowest BCUT2D eigenvalue weighted by Gasteiger charge is -2.24. The second-order valence-corrected chi connectivity index (χ2v) is 7.20. The molecule has 1 aliphatic rings. The molecule has 1 saturated carbocycles. The first-order valence-electron chi connectivity index (χ1n) is 7.22. The maximum atomic E-state index is 10.4. The van der Waals surface area contributed by atoms with Crippen LogP contribution in [0.25, 0.3) is 0 Å². The maximum Gasteiger partial charge on any atom is 0.137 e. The molecule has 0 bridgehead atoms. The third-order valence-corrected chi connectivity index (χ3v) is 4.24. The highest BCUT2D eigenvalue weighted by Gasteiger charge is 2.31. The molecule has 1 heterocycles. The van der Waals surface area contributed by atoms with Crippen molar-refractivity contribution in [1.29, 1.82) is 0 Å². The highest BCUT2D eigenvalue weighted by Crippen LogP contribution is 2.31. The molecule has 1 aromatic rings. The minimum Gasteiger partial charge on any atom is -0.388 e. The standard InChI is InChI=1S/C15H24ClN3O/c1-10-11(16)18-13(14(2,3)4)19-12(10)17-9-15(20)7-5-6-8-15/h20H,5-9H2,1-4H3,(H,17,18,19). The fourth-order valence-electron chi connectivity index (χ4n) is 2.45. The summed E-state index contributed by atoms with van der Waals surface area (Å²) in [6.45, 7) is 8.59. The van der Waals surface area contributed by atoms with E-state index < -0.39 is 5.60 Å². The summed E-state index contributed by atoms with van der Waals surface area (Å²) >= 11 is 6.20. The van der Waals surface area contributed by atoms with E-state index in [-0.39, 0.29) is 5.41 Å². The van der Waals surface area contributed by atoms with Crippen molar-refractivity contribution in [2.75, 3.05) is 11.9 Å². The lowest BCUT2D eigenvalue weighted by molar-refractivity contribution is 0.0613. The Kier molecular flexibility index (Phi) is 4.26. The predicted molar refractivity (Wildman–Crippen MR) is 82.4 cm³/mol. The Morgan fingerprint density at radius 1 is 1.25 bits per heavy atom. The smallest absolute Gasteiger partial charge is 0.137 e. The zero-order valence-corrected chi connectivity index (χ0v) is 13.5. The molecule has 0 atom stereocenters. The summed E-state index contributed by atoms with van der Waals surface area (Å²) < 4.78 is 0. The summed E-state index contributed by atoms with van der Waals surface area (Å²) in [6.07, 6.45) is 3.89. The predicted octanol–water partition coefficient (Wildman–Crippen LogP) is 3.45. The fourth-order valence-corrected chi connectivity index (χ4v) is 2.62. The second-order valence-electron chi connectivity index (χ2n) is 6.85. The number of nitrogens with one attached hydrogen (secondary N) is 1. The van der Waals surface area contributed by atoms with Gasteiger partial charge in [0.1, 0.15) is 16.8 Å². The van der Waals surface area contributed by atoms with Gasteiger partial charge in [-0.15, -0.1) is 0 Å². The lowest BCUT2D eigenvalue weighted by atomic mass is 9.95. The van der Waals surface area contributed by atoms with Gasteiger partial charge in [0.15, 0.2) is 0 Å². The molecule has 0 saturated heterocycles. The number of hydrogen-bond donors (Lipinski definition) is 2. The molecule has 0 unspecified atom stereocenters. The van der Waals surface area contributed by atoms with Gasteiger partial charge in [-0.2, -0.15) is 0 Å². The SMILES string of the molecule is Cc1c(Cl)nc(C(C)(C)C)nc1NCC1(O)CCCC1. The van der Waals surface area contributed by atoms with Crippen LogP contribution in [0.3, 0.4) is 0 Å². The van der Waals surface area contributed by atoms with E-state index >= 15 is 0 Å². The van der Waals surface area contributed by atoms with Crippen LogP contribution >= 0.6 is 11.6 Å². The van der Waals surface area contributed by atoms with Crippen molar-refractivity contribution in [3.05, 3.63) is 16.5 Å². The quantitative estimate of drug-likeness (QED) is 0.839. The molecule has 1 aliphatic carbocycles. The minimum atomic E-state index is -0.605. The number of nitrogens with zero attached hydrogens (tertiary/aromatic N) is 2. The molecule has 0 amide bonds. The molecule has 1 aromatic heterocycles. The van der Waals surface area contributed by atoms with Crippen molar-refractivity contribution in [2.24, 2.45) is 0 Å². The Morgan fingerprint density at radius 3 is 2.40 bits per heavy atom. The van der Waals surface area contributed by atoms with Gasteiger partial charge < -0.3 is 10.4 Å². The van der Waals surface area contributed by atoms with E-state index in [1.807, 2.05) is 6.92 Å². The van der Waals surface area contributed by atoms with Gasteiger partial charge >= 0.3 is 0 Å². The molecule has 20 heavy (non-hydrogen) atoms. The van der Waals surface area contributed by atoms with E-state index in [1.54, 1.807) is 0 Å². The Morgan fingerprint density at radius 2 is 1.85 bits per heavy atom. The largest absolute Gasteiger partial charge is 0.388 e. The van der Waals surface area contributed by atoms with E-state index in [0.29, 0.717) is 17.5 Å². The van der Waals surface area contributed by atoms with Gasteiger partial charge in [0.2, 0.25) is 0 Å². The van der Waals surface area contributed by atoms with Gasteiger partial charge in [-0.05, 0) is 19.8 Å². The van der Waals surface area contributed by atoms with Crippen molar-refractivity contribution in [3.63, 3.8) is 0 Å². The van der Waals surface area contributed by atoms with Crippen molar-refractivity contribution >= 4 is 17.4 Å². The number of anilines is 1. The Labute approximate surface area is 126 Å². The molecule has 4 nitrogen and oxygen atoms in total. The van der Waals surface area contributed by atoms with Gasteiger partial charge in [-0.3, -0.25) is 0 Å². The molecule has 2 rings (SSSR count). The zero-order valence-electron chi connectivity index (χ0n) is 12.8. The van der Waals surface area contributed by atoms with E-state index in [0.717, 1.165) is 37.1 Å². The van der Waals surface area contributed by atoms with E-state index in [2.05, 4.69) is 36.1 Å². The summed E-state index contributed by atoms with van der Waals surface area (Å²) in [7, 11) is 0. The monoisotopic (exact) mass is 297 g/mol. The third-order valence-electron chi connectivity index (χ3n) is 3.88. The summed E-state index contributed by atoms with van der Waals surface area (Å²) in [5.41, 5.74) is 0.0744. The first kappa shape index (κ1) is 15.5. The average molecular weight is 298 g/mol. The Bertz CT molecular complexity index is 491. The zero-order chi connectivity index (χ0) is 15.0. The van der Waals surface area contributed by atoms with Crippen molar-refractivity contribution < 1.29 is 5.11 Å². The number of halogens is 1. The summed E-state index contributed by atoms with van der Waals surface area (Å²) in [5, 5.41) is 14.1. The Hall–Kier alpha value is -0.870. The van der Waals surface area contributed by atoms with Crippen LogP contribution in [0.2, 0.25) is 5.15 Å². The number of rotatable bonds is 3. The van der Waals surface area contributed by atoms with Gasteiger partial charge in [0, 0.05) is 17.5 Å². The van der Waals surface area contributed by atoms with Crippen LogP contribution in [0, 0.1) is 6.92 Å². The normalized spacial score (nSPS) is 18.3. The number of hydrogen-bond acceptors (Lipinski definition) is 4. The molecule has 5 heteroatoms. The first-order valence-corrected chi connectivity index (χ1v) is 7.60. The maximum absolute atomic E-state index is 10.4. The van der Waals surface area contributed by atoms with E-state index in [9.17, 15) is 5.11 Å². The van der Waals surface area contributed by atoms with Crippen LogP contribution < -0.4 is 5.32 Å². The summed E-state index contributed by atoms with van der Waals surface area (Å²) in [5.74, 6) is 1.45. The molecule has 0 aromatic carbocycles. The highest BCUT2D eigenvalue weighted by atomic mass is 35.5. The van der Waals surface area contributed by atoms with Crippen LogP contribution in [0.4, 0.5) is 5.82 Å². The summed E-state index contributed by atoms with van der Waals surface area (Å²) in [4.78, 5) is 8.93. The second kappa shape index (κ2) is 5.49. The van der Waals surface area contributed by atoms with Crippen molar-refractivity contribution in [3.8, 4) is 0 Å². The number of aromatic nitrogens is 2. The topological polar surface area (TPSA) is 58.0 Å². The van der Waals surface area contributed by atoms with Crippen LogP contribution in [-0.4, -0.2) is 27.2 Å². The molecule has 1 fully saturated rings. The lowest BCUT2D eigenvalue weighted by Crippen LogP contribution is -2.34. The third kappa shape index (κ3) is 3.41. The molecule has 2 N–H and O–H groups in total. The van der Waals surface area contributed by atoms with Gasteiger partial charge in [0.05, 0.1) is 5.60 Å². The fraction of sp³-hybridized carbons (Fsp3) is 0.733.